The van der Waals surface area contributed by atoms with Crippen LogP contribution < -0.4 is 0 Å². The molecule has 26 heavy (non-hydrogen) atoms. The number of aliphatic imine (C=N–C) groups is 2. The number of carbonyl (C=O) groups is 1. The van der Waals surface area contributed by atoms with Crippen LogP contribution in [0.4, 0.5) is 5.82 Å². The minimum atomic E-state index is -0.404. The van der Waals surface area contributed by atoms with E-state index in [-0.39, 0.29) is 0 Å². The van der Waals surface area contributed by atoms with Gasteiger partial charge < -0.3 is 9.72 Å². The molecule has 3 rings (SSSR count). The van der Waals surface area contributed by atoms with Gasteiger partial charge in [-0.3, -0.25) is 4.99 Å². The number of aromatic nitrogens is 1. The first-order valence-electron chi connectivity index (χ1n) is 8.09. The Bertz CT molecular complexity index is 977. The van der Waals surface area contributed by atoms with Crippen molar-refractivity contribution in [1.82, 2.24) is 4.98 Å². The van der Waals surface area contributed by atoms with Crippen molar-refractivity contribution >= 4 is 46.2 Å². The second kappa shape index (κ2) is 7.97. The highest BCUT2D eigenvalue weighted by Gasteiger charge is 2.16. The number of hydrogen-bond donors (Lipinski definition) is 1. The molecule has 0 saturated heterocycles. The van der Waals surface area contributed by atoms with Gasteiger partial charge in [0.1, 0.15) is 11.0 Å². The number of fused-ring (bicyclic) bond motifs is 1. The second-order valence-electron chi connectivity index (χ2n) is 5.67. The van der Waals surface area contributed by atoms with Crippen molar-refractivity contribution < 1.29 is 9.53 Å². The Labute approximate surface area is 156 Å². The van der Waals surface area contributed by atoms with E-state index >= 15 is 0 Å². The summed E-state index contributed by atoms with van der Waals surface area (Å²) in [6.07, 6.45) is 0.794. The summed E-state index contributed by atoms with van der Waals surface area (Å²) in [6.45, 7) is 4.15. The topological polar surface area (TPSA) is 66.8 Å². The summed E-state index contributed by atoms with van der Waals surface area (Å²) >= 11 is 6.46. The van der Waals surface area contributed by atoms with Crippen molar-refractivity contribution in [3.63, 3.8) is 0 Å². The van der Waals surface area contributed by atoms with Crippen LogP contribution in [0.3, 0.4) is 0 Å². The van der Waals surface area contributed by atoms with Gasteiger partial charge in [-0.15, -0.1) is 0 Å². The molecule has 0 atom stereocenters. The lowest BCUT2D eigenvalue weighted by Gasteiger charge is -2.02. The minimum absolute atomic E-state index is 0.361. The Morgan fingerprint density at radius 3 is 2.69 bits per heavy atom. The van der Waals surface area contributed by atoms with Crippen LogP contribution in [0.15, 0.2) is 58.5 Å². The Morgan fingerprint density at radius 2 is 2.00 bits per heavy atom. The molecule has 0 amide bonds. The van der Waals surface area contributed by atoms with Gasteiger partial charge in [-0.2, -0.15) is 0 Å². The number of H-pyrrole nitrogens is 1. The monoisotopic (exact) mass is 367 g/mol. The Kier molecular flexibility index (Phi) is 5.49. The van der Waals surface area contributed by atoms with Crippen molar-refractivity contribution in [2.24, 2.45) is 9.98 Å². The molecule has 6 heteroatoms. The number of nitrogens with zero attached hydrogens (tertiary/aromatic N) is 2. The van der Waals surface area contributed by atoms with E-state index in [9.17, 15) is 4.79 Å². The lowest BCUT2D eigenvalue weighted by Crippen LogP contribution is -2.00. The van der Waals surface area contributed by atoms with Crippen molar-refractivity contribution in [3.8, 4) is 0 Å². The summed E-state index contributed by atoms with van der Waals surface area (Å²) in [5, 5.41) is 1.19. The fourth-order valence-electron chi connectivity index (χ4n) is 2.76. The van der Waals surface area contributed by atoms with Gasteiger partial charge in [-0.25, -0.2) is 9.79 Å². The minimum Gasteiger partial charge on any atom is -0.465 e. The fraction of sp³-hybridized carbons (Fsp3) is 0.150. The smallest absolute Gasteiger partial charge is 0.337 e. The number of benzene rings is 2. The predicted octanol–water partition coefficient (Wildman–Crippen LogP) is 4.51. The molecule has 0 saturated carbocycles. The van der Waals surface area contributed by atoms with E-state index in [4.69, 9.17) is 16.3 Å². The second-order valence-corrected chi connectivity index (χ2v) is 6.02. The fourth-order valence-corrected chi connectivity index (χ4v) is 3.04. The van der Waals surface area contributed by atoms with Crippen LogP contribution in [0.5, 0.6) is 0 Å². The molecule has 2 aromatic carbocycles. The normalized spacial score (nSPS) is 11.5. The molecule has 0 aliphatic rings. The molecule has 0 bridgehead atoms. The number of hydrogen-bond acceptors (Lipinski definition) is 4. The summed E-state index contributed by atoms with van der Waals surface area (Å²) in [4.78, 5) is 23.3. The maximum atomic E-state index is 11.7. The van der Waals surface area contributed by atoms with Crippen LogP contribution in [0.1, 0.15) is 21.5 Å². The number of methoxy groups -OCH3 is 1. The molecule has 1 aromatic heterocycles. The summed E-state index contributed by atoms with van der Waals surface area (Å²) < 4.78 is 4.75. The summed E-state index contributed by atoms with van der Waals surface area (Å²) in [5.74, 6) is 0.120. The van der Waals surface area contributed by atoms with Gasteiger partial charge in [0.2, 0.25) is 0 Å². The summed E-state index contributed by atoms with van der Waals surface area (Å²) in [6, 6.07) is 15.3. The third kappa shape index (κ3) is 3.68. The zero-order valence-electron chi connectivity index (χ0n) is 14.3. The summed E-state index contributed by atoms with van der Waals surface area (Å²) in [7, 11) is 1.35. The standard InChI is InChI=1S/C20H18ClN3O2/c1-22-19-17(18(21)23-11-10-13-6-4-3-5-7-13)15-9-8-14(20(25)26-2)12-16(15)24-19/h3-9,12,24H,1,10-11H2,2H3. The Balaban J connectivity index is 1.91. The van der Waals surface area contributed by atoms with Crippen LogP contribution in [0, 0.1) is 0 Å². The highest BCUT2D eigenvalue weighted by molar-refractivity contribution is 6.71. The molecule has 0 fully saturated rings. The number of carbonyl (C=O) groups excluding carboxylic acids is 1. The van der Waals surface area contributed by atoms with E-state index in [1.165, 1.54) is 12.7 Å². The summed E-state index contributed by atoms with van der Waals surface area (Å²) in [5.41, 5.74) is 3.05. The average molecular weight is 368 g/mol. The first-order valence-corrected chi connectivity index (χ1v) is 8.47. The maximum absolute atomic E-state index is 11.7. The van der Waals surface area contributed by atoms with E-state index in [0.717, 1.165) is 17.3 Å². The highest BCUT2D eigenvalue weighted by atomic mass is 35.5. The highest BCUT2D eigenvalue weighted by Crippen LogP contribution is 2.30. The van der Waals surface area contributed by atoms with E-state index in [1.54, 1.807) is 18.2 Å². The van der Waals surface area contributed by atoms with Gasteiger partial charge in [0, 0.05) is 17.4 Å². The zero-order chi connectivity index (χ0) is 18.5. The molecule has 0 unspecified atom stereocenters. The van der Waals surface area contributed by atoms with Gasteiger partial charge in [0.15, 0.2) is 0 Å². The molecule has 0 aliphatic heterocycles. The van der Waals surface area contributed by atoms with E-state index in [2.05, 4.69) is 33.8 Å². The van der Waals surface area contributed by atoms with E-state index < -0.39 is 5.97 Å². The average Bonchev–Trinajstić information content (AvgIpc) is 3.05. The SMILES string of the molecule is C=Nc1[nH]c2cc(C(=O)OC)ccc2c1C(Cl)=NCCc1ccccc1. The lowest BCUT2D eigenvalue weighted by molar-refractivity contribution is 0.0601. The van der Waals surface area contributed by atoms with Crippen LogP contribution in [0.2, 0.25) is 0 Å². The first kappa shape index (κ1) is 17.9. The molecular formula is C20H18ClN3O2. The molecule has 0 spiro atoms. The molecule has 1 N–H and O–H groups in total. The Morgan fingerprint density at radius 1 is 1.23 bits per heavy atom. The lowest BCUT2D eigenvalue weighted by atomic mass is 10.1. The van der Waals surface area contributed by atoms with Gasteiger partial charge in [0.25, 0.3) is 0 Å². The van der Waals surface area contributed by atoms with Crippen molar-refractivity contribution in [2.45, 2.75) is 6.42 Å². The van der Waals surface area contributed by atoms with Crippen LogP contribution >= 0.6 is 11.6 Å². The van der Waals surface area contributed by atoms with Crippen LogP contribution in [-0.4, -0.2) is 36.5 Å². The molecule has 0 aliphatic carbocycles. The predicted molar refractivity (Wildman–Crippen MR) is 106 cm³/mol. The number of esters is 1. The quantitative estimate of drug-likeness (QED) is 0.514. The molecular weight excluding hydrogens is 350 g/mol. The molecule has 3 aromatic rings. The van der Waals surface area contributed by atoms with Gasteiger partial charge in [-0.05, 0) is 30.8 Å². The van der Waals surface area contributed by atoms with Crippen molar-refractivity contribution in [2.75, 3.05) is 13.7 Å². The number of ether oxygens (including phenoxy) is 1. The molecule has 5 nitrogen and oxygen atoms in total. The van der Waals surface area contributed by atoms with Crippen LogP contribution in [0.25, 0.3) is 10.9 Å². The molecule has 132 valence electrons. The third-order valence-corrected chi connectivity index (χ3v) is 4.37. The first-order chi connectivity index (χ1) is 12.6. The number of aromatic amines is 1. The van der Waals surface area contributed by atoms with Crippen LogP contribution in [-0.2, 0) is 11.2 Å². The number of rotatable bonds is 6. The third-order valence-electron chi connectivity index (χ3n) is 4.06. The molecule has 1 heterocycles. The van der Waals surface area contributed by atoms with Gasteiger partial charge >= 0.3 is 5.97 Å². The maximum Gasteiger partial charge on any atom is 0.337 e. The van der Waals surface area contributed by atoms with Gasteiger partial charge in [-0.1, -0.05) is 48.0 Å². The van der Waals surface area contributed by atoms with Crippen molar-refractivity contribution in [1.29, 1.82) is 0 Å². The van der Waals surface area contributed by atoms with E-state index in [1.807, 2.05) is 18.2 Å². The zero-order valence-corrected chi connectivity index (χ0v) is 15.1. The molecule has 0 radical (unpaired) electrons. The van der Waals surface area contributed by atoms with Crippen molar-refractivity contribution in [3.05, 3.63) is 65.2 Å². The number of halogens is 1. The Hall–Kier alpha value is -2.92. The number of nitrogens with one attached hydrogen (secondary N) is 1. The van der Waals surface area contributed by atoms with Gasteiger partial charge in [0.05, 0.1) is 18.2 Å². The van der Waals surface area contributed by atoms with E-state index in [0.29, 0.717) is 28.7 Å². The largest absolute Gasteiger partial charge is 0.465 e.